The van der Waals surface area contributed by atoms with Gasteiger partial charge in [-0.1, -0.05) is 18.9 Å². The highest BCUT2D eigenvalue weighted by atomic mass is 127. The lowest BCUT2D eigenvalue weighted by atomic mass is 9.83. The Hall–Kier alpha value is -1.09. The van der Waals surface area contributed by atoms with Gasteiger partial charge < -0.3 is 20.7 Å². The van der Waals surface area contributed by atoms with Crippen LogP contribution < -0.4 is 16.0 Å². The first-order valence-electron chi connectivity index (χ1n) is 10.4. The first-order valence-corrected chi connectivity index (χ1v) is 10.4. The molecule has 1 aromatic heterocycles. The minimum absolute atomic E-state index is 0. The van der Waals surface area contributed by atoms with Crippen molar-refractivity contribution in [2.24, 2.45) is 10.4 Å². The zero-order valence-corrected chi connectivity index (χ0v) is 19.8. The van der Waals surface area contributed by atoms with Gasteiger partial charge in [-0.25, -0.2) is 4.98 Å². The maximum absolute atomic E-state index is 5.33. The Kier molecular flexibility index (Phi) is 13.2. The Morgan fingerprint density at radius 1 is 1.18 bits per heavy atom. The van der Waals surface area contributed by atoms with Gasteiger partial charge >= 0.3 is 0 Å². The summed E-state index contributed by atoms with van der Waals surface area (Å²) < 4.78 is 5.33. The van der Waals surface area contributed by atoms with E-state index in [-0.39, 0.29) is 24.0 Å². The Morgan fingerprint density at radius 2 is 1.96 bits per heavy atom. The fourth-order valence-corrected chi connectivity index (χ4v) is 3.66. The zero-order valence-electron chi connectivity index (χ0n) is 17.5. The predicted octanol–water partition coefficient (Wildman–Crippen LogP) is 4.04. The van der Waals surface area contributed by atoms with Gasteiger partial charge in [0.25, 0.3) is 0 Å². The summed E-state index contributed by atoms with van der Waals surface area (Å²) in [4.78, 5) is 9.17. The third kappa shape index (κ3) is 9.41. The number of hydrogen-bond donors (Lipinski definition) is 3. The largest absolute Gasteiger partial charge is 0.385 e. The number of nitrogens with one attached hydrogen (secondary N) is 3. The van der Waals surface area contributed by atoms with Crippen LogP contribution in [0.15, 0.2) is 29.4 Å². The molecule has 1 aromatic rings. The number of rotatable bonds is 12. The van der Waals surface area contributed by atoms with Crippen LogP contribution in [0.25, 0.3) is 0 Å². The second-order valence-electron chi connectivity index (χ2n) is 7.42. The molecular formula is C21H38IN5O. The van der Waals surface area contributed by atoms with Crippen LogP contribution in [0.5, 0.6) is 0 Å². The van der Waals surface area contributed by atoms with Crippen molar-refractivity contribution in [2.45, 2.75) is 51.9 Å². The summed E-state index contributed by atoms with van der Waals surface area (Å²) in [5.41, 5.74) is 0.338. The average Bonchev–Trinajstić information content (AvgIpc) is 3.17. The van der Waals surface area contributed by atoms with Crippen molar-refractivity contribution in [1.29, 1.82) is 0 Å². The molecule has 7 heteroatoms. The number of methoxy groups -OCH3 is 1. The van der Waals surface area contributed by atoms with Crippen molar-refractivity contribution in [3.63, 3.8) is 0 Å². The van der Waals surface area contributed by atoms with Crippen molar-refractivity contribution >= 4 is 35.8 Å². The number of hydrogen-bond acceptors (Lipinski definition) is 4. The van der Waals surface area contributed by atoms with E-state index in [0.717, 1.165) is 63.8 Å². The molecule has 0 spiro atoms. The highest BCUT2D eigenvalue weighted by molar-refractivity contribution is 14.0. The zero-order chi connectivity index (χ0) is 19.2. The summed E-state index contributed by atoms with van der Waals surface area (Å²) in [7, 11) is 1.79. The Labute approximate surface area is 187 Å². The number of guanidine groups is 1. The van der Waals surface area contributed by atoms with Crippen LogP contribution in [-0.4, -0.2) is 50.8 Å². The molecule has 1 aliphatic carbocycles. The van der Waals surface area contributed by atoms with E-state index in [1.807, 2.05) is 24.4 Å². The Morgan fingerprint density at radius 3 is 2.64 bits per heavy atom. The maximum Gasteiger partial charge on any atom is 0.191 e. The summed E-state index contributed by atoms with van der Waals surface area (Å²) >= 11 is 0. The van der Waals surface area contributed by atoms with Crippen molar-refractivity contribution in [2.75, 3.05) is 45.2 Å². The van der Waals surface area contributed by atoms with Gasteiger partial charge in [-0.3, -0.25) is 4.99 Å². The molecule has 0 aliphatic heterocycles. The van der Waals surface area contributed by atoms with Gasteiger partial charge in [-0.05, 0) is 56.6 Å². The van der Waals surface area contributed by atoms with Crippen molar-refractivity contribution in [1.82, 2.24) is 15.6 Å². The molecule has 0 unspecified atom stereocenters. The molecule has 28 heavy (non-hydrogen) atoms. The molecule has 1 fully saturated rings. The smallest absolute Gasteiger partial charge is 0.191 e. The van der Waals surface area contributed by atoms with Gasteiger partial charge in [0, 0.05) is 46.1 Å². The average molecular weight is 503 g/mol. The van der Waals surface area contributed by atoms with Gasteiger partial charge in [-0.15, -0.1) is 24.0 Å². The molecule has 1 aliphatic rings. The van der Waals surface area contributed by atoms with Crippen LogP contribution in [-0.2, 0) is 4.74 Å². The quantitative estimate of drug-likeness (QED) is 0.174. The molecular weight excluding hydrogens is 465 g/mol. The predicted molar refractivity (Wildman–Crippen MR) is 129 cm³/mol. The minimum atomic E-state index is 0. The number of ether oxygens (including phenoxy) is 1. The van der Waals surface area contributed by atoms with E-state index in [2.05, 4.69) is 27.9 Å². The van der Waals surface area contributed by atoms with Crippen molar-refractivity contribution in [3.05, 3.63) is 24.4 Å². The highest BCUT2D eigenvalue weighted by Gasteiger charge is 2.33. The second-order valence-corrected chi connectivity index (χ2v) is 7.42. The van der Waals surface area contributed by atoms with Crippen LogP contribution in [0, 0.1) is 5.41 Å². The number of aromatic nitrogens is 1. The Bertz CT molecular complexity index is 535. The van der Waals surface area contributed by atoms with Crippen molar-refractivity contribution < 1.29 is 4.74 Å². The summed E-state index contributed by atoms with van der Waals surface area (Å²) in [5.74, 6) is 1.89. The number of halogens is 1. The summed E-state index contributed by atoms with van der Waals surface area (Å²) in [6.45, 7) is 6.60. The standard InChI is InChI=1S/C21H37N5O.HI/c1-3-22-20(26-18-21(13-17-27-2)11-5-6-12-21)25-16-9-8-15-24-19-10-4-7-14-23-19;/h4,7,10,14H,3,5-6,8-9,11-13,15-18H2,1-2H3,(H,23,24)(H2,22,25,26);1H. The molecule has 0 amide bonds. The maximum atomic E-state index is 5.33. The number of unbranched alkanes of at least 4 members (excludes halogenated alkanes) is 1. The molecule has 0 aromatic carbocycles. The number of nitrogens with zero attached hydrogens (tertiary/aromatic N) is 2. The van der Waals surface area contributed by atoms with E-state index >= 15 is 0 Å². The number of anilines is 1. The Balaban J connectivity index is 0.00000392. The van der Waals surface area contributed by atoms with E-state index in [0.29, 0.717) is 5.41 Å². The minimum Gasteiger partial charge on any atom is -0.385 e. The second kappa shape index (κ2) is 14.8. The van der Waals surface area contributed by atoms with Gasteiger partial charge in [0.05, 0.1) is 0 Å². The highest BCUT2D eigenvalue weighted by Crippen LogP contribution is 2.41. The number of aliphatic imine (C=N–C) groups is 1. The monoisotopic (exact) mass is 503 g/mol. The normalized spacial score (nSPS) is 15.7. The van der Waals surface area contributed by atoms with Gasteiger partial charge in [0.15, 0.2) is 5.96 Å². The van der Waals surface area contributed by atoms with Crippen LogP contribution in [0.2, 0.25) is 0 Å². The summed E-state index contributed by atoms with van der Waals surface area (Å²) in [6, 6.07) is 5.93. The first-order chi connectivity index (χ1) is 13.3. The number of pyridine rings is 1. The molecule has 0 radical (unpaired) electrons. The molecule has 0 atom stereocenters. The third-order valence-corrected chi connectivity index (χ3v) is 5.28. The summed E-state index contributed by atoms with van der Waals surface area (Å²) in [6.07, 6.45) is 10.3. The van der Waals surface area contributed by atoms with Crippen LogP contribution in [0.1, 0.15) is 51.9 Å². The van der Waals surface area contributed by atoms with Gasteiger partial charge in [-0.2, -0.15) is 0 Å². The van der Waals surface area contributed by atoms with E-state index in [9.17, 15) is 0 Å². The molecule has 3 N–H and O–H groups in total. The third-order valence-electron chi connectivity index (χ3n) is 5.28. The van der Waals surface area contributed by atoms with Crippen LogP contribution in [0.3, 0.4) is 0 Å². The molecule has 160 valence electrons. The van der Waals surface area contributed by atoms with E-state index in [4.69, 9.17) is 9.73 Å². The van der Waals surface area contributed by atoms with Crippen LogP contribution in [0.4, 0.5) is 5.82 Å². The van der Waals surface area contributed by atoms with E-state index in [1.54, 1.807) is 7.11 Å². The van der Waals surface area contributed by atoms with E-state index < -0.39 is 0 Å². The molecule has 1 heterocycles. The van der Waals surface area contributed by atoms with Gasteiger partial charge in [0.1, 0.15) is 5.82 Å². The fourth-order valence-electron chi connectivity index (χ4n) is 3.66. The molecule has 0 saturated heterocycles. The fraction of sp³-hybridized carbons (Fsp3) is 0.714. The molecule has 6 nitrogen and oxygen atoms in total. The molecule has 2 rings (SSSR count). The SMILES string of the molecule is CCNC(=NCC1(CCOC)CCCC1)NCCCCNc1ccccn1.I. The lowest BCUT2D eigenvalue weighted by Gasteiger charge is -2.27. The first kappa shape index (κ1) is 24.9. The van der Waals surface area contributed by atoms with Crippen LogP contribution >= 0.6 is 24.0 Å². The van der Waals surface area contributed by atoms with Crippen molar-refractivity contribution in [3.8, 4) is 0 Å². The summed E-state index contributed by atoms with van der Waals surface area (Å²) in [5, 5.41) is 10.2. The lowest BCUT2D eigenvalue weighted by Crippen LogP contribution is -2.39. The topological polar surface area (TPSA) is 70.6 Å². The molecule has 0 bridgehead atoms. The lowest BCUT2D eigenvalue weighted by molar-refractivity contribution is 0.141. The van der Waals surface area contributed by atoms with E-state index in [1.165, 1.54) is 25.7 Å². The molecule has 1 saturated carbocycles. The van der Waals surface area contributed by atoms with Gasteiger partial charge in [0.2, 0.25) is 0 Å².